The molecule has 1 amide bonds. The van der Waals surface area contributed by atoms with Crippen LogP contribution in [-0.4, -0.2) is 42.3 Å². The van der Waals surface area contributed by atoms with Gasteiger partial charge in [-0.25, -0.2) is 13.6 Å². The number of anilines is 1. The standard InChI is InChI=1S/C20H21ClF2N2O2/c1-24-9-2-3-15(24)8-10-25(20(26)27)19-7-5-14(22)12-16(19)13-4-6-18(23)17(21)11-13/h4-7,11-12,15H,2-3,8-10H2,1H3,(H,26,27). The summed E-state index contributed by atoms with van der Waals surface area (Å²) in [5, 5.41) is 9.64. The lowest BCUT2D eigenvalue weighted by Gasteiger charge is -2.26. The van der Waals surface area contributed by atoms with Gasteiger partial charge in [-0.15, -0.1) is 0 Å². The topological polar surface area (TPSA) is 43.8 Å². The molecule has 144 valence electrons. The van der Waals surface area contributed by atoms with E-state index < -0.39 is 17.7 Å². The SMILES string of the molecule is CN1CCCC1CCN(C(=O)O)c1ccc(F)cc1-c1ccc(F)c(Cl)c1. The molecule has 0 bridgehead atoms. The van der Waals surface area contributed by atoms with E-state index in [0.29, 0.717) is 29.3 Å². The van der Waals surface area contributed by atoms with Crippen molar-refractivity contribution < 1.29 is 18.7 Å². The Morgan fingerprint density at radius 3 is 2.70 bits per heavy atom. The number of rotatable bonds is 5. The van der Waals surface area contributed by atoms with Crippen molar-refractivity contribution in [2.45, 2.75) is 25.3 Å². The molecular formula is C20H21ClF2N2O2. The number of carbonyl (C=O) groups is 1. The van der Waals surface area contributed by atoms with Crippen LogP contribution in [0.15, 0.2) is 36.4 Å². The summed E-state index contributed by atoms with van der Waals surface area (Å²) >= 11 is 5.86. The molecule has 7 heteroatoms. The van der Waals surface area contributed by atoms with Crippen molar-refractivity contribution in [3.05, 3.63) is 53.1 Å². The van der Waals surface area contributed by atoms with E-state index >= 15 is 0 Å². The fourth-order valence-electron chi connectivity index (χ4n) is 3.58. The van der Waals surface area contributed by atoms with Crippen LogP contribution in [0.5, 0.6) is 0 Å². The monoisotopic (exact) mass is 394 g/mol. The van der Waals surface area contributed by atoms with Gasteiger partial charge in [-0.3, -0.25) is 4.90 Å². The molecule has 0 aliphatic carbocycles. The van der Waals surface area contributed by atoms with E-state index in [9.17, 15) is 18.7 Å². The number of halogens is 3. The van der Waals surface area contributed by atoms with Crippen LogP contribution in [-0.2, 0) is 0 Å². The highest BCUT2D eigenvalue weighted by molar-refractivity contribution is 6.31. The second-order valence-electron chi connectivity index (χ2n) is 6.79. The first-order valence-corrected chi connectivity index (χ1v) is 9.20. The first-order valence-electron chi connectivity index (χ1n) is 8.82. The molecule has 0 spiro atoms. The molecule has 2 aromatic rings. The van der Waals surface area contributed by atoms with Crippen molar-refractivity contribution >= 4 is 23.4 Å². The maximum absolute atomic E-state index is 13.9. The molecule has 1 aliphatic heterocycles. The highest BCUT2D eigenvalue weighted by Gasteiger charge is 2.25. The van der Waals surface area contributed by atoms with Gasteiger partial charge in [0.1, 0.15) is 11.6 Å². The Labute approximate surface area is 162 Å². The zero-order valence-corrected chi connectivity index (χ0v) is 15.7. The van der Waals surface area contributed by atoms with E-state index in [1.807, 2.05) is 7.05 Å². The Bertz CT molecular complexity index is 847. The summed E-state index contributed by atoms with van der Waals surface area (Å²) in [5.41, 5.74) is 1.17. The number of benzene rings is 2. The van der Waals surface area contributed by atoms with E-state index in [-0.39, 0.29) is 11.6 Å². The third-order valence-electron chi connectivity index (χ3n) is 5.07. The molecule has 1 saturated heterocycles. The minimum absolute atomic E-state index is 0.0998. The Hall–Kier alpha value is -2.18. The van der Waals surface area contributed by atoms with Crippen LogP contribution in [0.1, 0.15) is 19.3 Å². The van der Waals surface area contributed by atoms with Gasteiger partial charge in [0.15, 0.2) is 0 Å². The van der Waals surface area contributed by atoms with Crippen molar-refractivity contribution in [1.82, 2.24) is 4.90 Å². The first-order chi connectivity index (χ1) is 12.9. The zero-order valence-electron chi connectivity index (χ0n) is 15.0. The normalized spacial score (nSPS) is 17.3. The predicted molar refractivity (Wildman–Crippen MR) is 102 cm³/mol. The summed E-state index contributed by atoms with van der Waals surface area (Å²) < 4.78 is 27.4. The number of nitrogens with zero attached hydrogens (tertiary/aromatic N) is 2. The molecule has 3 rings (SSSR count). The minimum atomic E-state index is -1.11. The predicted octanol–water partition coefficient (Wildman–Crippen LogP) is 5.25. The van der Waals surface area contributed by atoms with Crippen LogP contribution in [0, 0.1) is 11.6 Å². The van der Waals surface area contributed by atoms with Crippen LogP contribution in [0.3, 0.4) is 0 Å². The van der Waals surface area contributed by atoms with Crippen molar-refractivity contribution in [1.29, 1.82) is 0 Å². The number of hydrogen-bond donors (Lipinski definition) is 1. The van der Waals surface area contributed by atoms with Gasteiger partial charge in [0.2, 0.25) is 0 Å². The van der Waals surface area contributed by atoms with Crippen LogP contribution >= 0.6 is 11.6 Å². The fourth-order valence-corrected chi connectivity index (χ4v) is 3.76. The minimum Gasteiger partial charge on any atom is -0.465 e. The van der Waals surface area contributed by atoms with E-state index in [1.54, 1.807) is 0 Å². The molecule has 27 heavy (non-hydrogen) atoms. The van der Waals surface area contributed by atoms with Gasteiger partial charge < -0.3 is 10.0 Å². The lowest BCUT2D eigenvalue weighted by Crippen LogP contribution is -2.35. The molecule has 1 fully saturated rings. The fraction of sp³-hybridized carbons (Fsp3) is 0.350. The Balaban J connectivity index is 1.94. The van der Waals surface area contributed by atoms with Gasteiger partial charge in [-0.1, -0.05) is 17.7 Å². The molecule has 1 atom stereocenters. The van der Waals surface area contributed by atoms with Gasteiger partial charge in [-0.2, -0.15) is 0 Å². The number of hydrogen-bond acceptors (Lipinski definition) is 2. The maximum atomic E-state index is 13.9. The van der Waals surface area contributed by atoms with Crippen molar-refractivity contribution in [2.75, 3.05) is 25.0 Å². The smallest absolute Gasteiger partial charge is 0.411 e. The molecule has 1 aliphatic rings. The van der Waals surface area contributed by atoms with Crippen molar-refractivity contribution in [3.8, 4) is 11.1 Å². The second kappa shape index (κ2) is 8.23. The molecule has 1 heterocycles. The van der Waals surface area contributed by atoms with E-state index in [4.69, 9.17) is 11.6 Å². The Morgan fingerprint density at radius 1 is 1.30 bits per heavy atom. The molecule has 0 saturated carbocycles. The van der Waals surface area contributed by atoms with E-state index in [1.165, 1.54) is 41.3 Å². The summed E-state index contributed by atoms with van der Waals surface area (Å²) in [4.78, 5) is 15.4. The largest absolute Gasteiger partial charge is 0.465 e. The summed E-state index contributed by atoms with van der Waals surface area (Å²) in [6, 6.07) is 8.26. The maximum Gasteiger partial charge on any atom is 0.411 e. The summed E-state index contributed by atoms with van der Waals surface area (Å²) in [6.45, 7) is 1.30. The lowest BCUT2D eigenvalue weighted by atomic mass is 10.0. The first kappa shape index (κ1) is 19.6. The highest BCUT2D eigenvalue weighted by atomic mass is 35.5. The van der Waals surface area contributed by atoms with Crippen LogP contribution in [0.25, 0.3) is 11.1 Å². The van der Waals surface area contributed by atoms with Crippen LogP contribution in [0.4, 0.5) is 19.3 Å². The molecule has 0 radical (unpaired) electrons. The average Bonchev–Trinajstić information content (AvgIpc) is 3.03. The quantitative estimate of drug-likeness (QED) is 0.752. The molecular weight excluding hydrogens is 374 g/mol. The van der Waals surface area contributed by atoms with Gasteiger partial charge in [0.25, 0.3) is 0 Å². The van der Waals surface area contributed by atoms with Crippen molar-refractivity contribution in [2.24, 2.45) is 0 Å². The Morgan fingerprint density at radius 2 is 2.07 bits per heavy atom. The van der Waals surface area contributed by atoms with Gasteiger partial charge in [0, 0.05) is 18.2 Å². The summed E-state index contributed by atoms with van der Waals surface area (Å²) in [5.74, 6) is -1.09. The van der Waals surface area contributed by atoms with Crippen LogP contribution in [0.2, 0.25) is 5.02 Å². The summed E-state index contributed by atoms with van der Waals surface area (Å²) in [7, 11) is 2.03. The third kappa shape index (κ3) is 4.39. The van der Waals surface area contributed by atoms with Gasteiger partial charge >= 0.3 is 6.09 Å². The molecule has 1 unspecified atom stereocenters. The van der Waals surface area contributed by atoms with E-state index in [2.05, 4.69) is 4.90 Å². The molecule has 2 aromatic carbocycles. The summed E-state index contributed by atoms with van der Waals surface area (Å²) in [6.07, 6.45) is 1.71. The molecule has 4 nitrogen and oxygen atoms in total. The number of likely N-dealkylation sites (tertiary alicyclic amines) is 1. The highest BCUT2D eigenvalue weighted by Crippen LogP contribution is 2.34. The lowest BCUT2D eigenvalue weighted by molar-refractivity contribution is 0.200. The Kier molecular flexibility index (Phi) is 5.97. The van der Waals surface area contributed by atoms with Crippen LogP contribution < -0.4 is 4.90 Å². The number of amides is 1. The zero-order chi connectivity index (χ0) is 19.6. The average molecular weight is 395 g/mol. The van der Waals surface area contributed by atoms with E-state index in [0.717, 1.165) is 19.4 Å². The second-order valence-corrected chi connectivity index (χ2v) is 7.20. The van der Waals surface area contributed by atoms with Gasteiger partial charge in [-0.05, 0) is 68.8 Å². The molecule has 1 N–H and O–H groups in total. The third-order valence-corrected chi connectivity index (χ3v) is 5.36. The van der Waals surface area contributed by atoms with Crippen molar-refractivity contribution in [3.63, 3.8) is 0 Å². The number of carboxylic acid groups (broad SMARTS) is 1. The molecule has 0 aromatic heterocycles. The van der Waals surface area contributed by atoms with Gasteiger partial charge in [0.05, 0.1) is 10.7 Å².